The Labute approximate surface area is 158 Å². The maximum absolute atomic E-state index is 12.7. The monoisotopic (exact) mass is 377 g/mol. The minimum Gasteiger partial charge on any atom is -0.378 e. The SMILES string of the molecule is O=C(NC[C@@H]1CC[C@H](CC(=O)N2CCOCC2)N1CC1CC1)c1cnon1. The van der Waals surface area contributed by atoms with Crippen molar-refractivity contribution in [3.8, 4) is 0 Å². The van der Waals surface area contributed by atoms with E-state index in [4.69, 9.17) is 4.74 Å². The number of carbonyl (C=O) groups excluding carboxylic acids is 2. The van der Waals surface area contributed by atoms with Crippen LogP contribution in [0.25, 0.3) is 0 Å². The number of morpholine rings is 1. The first-order chi connectivity index (χ1) is 13.2. The zero-order valence-corrected chi connectivity index (χ0v) is 15.5. The van der Waals surface area contributed by atoms with Crippen molar-refractivity contribution in [2.45, 2.75) is 44.2 Å². The molecule has 1 aromatic rings. The van der Waals surface area contributed by atoms with Gasteiger partial charge in [-0.05, 0) is 36.8 Å². The van der Waals surface area contributed by atoms with Crippen LogP contribution in [0.3, 0.4) is 0 Å². The van der Waals surface area contributed by atoms with Gasteiger partial charge in [0.25, 0.3) is 5.91 Å². The van der Waals surface area contributed by atoms with Gasteiger partial charge in [-0.2, -0.15) is 0 Å². The third kappa shape index (κ3) is 4.65. The molecule has 9 heteroatoms. The number of aromatic nitrogens is 2. The highest BCUT2D eigenvalue weighted by Crippen LogP contribution is 2.35. The van der Waals surface area contributed by atoms with Crippen LogP contribution in [0.1, 0.15) is 42.6 Å². The molecule has 2 atom stereocenters. The molecule has 148 valence electrons. The van der Waals surface area contributed by atoms with Gasteiger partial charge in [0.2, 0.25) is 5.91 Å². The molecule has 0 spiro atoms. The molecule has 3 fully saturated rings. The van der Waals surface area contributed by atoms with Crippen molar-refractivity contribution >= 4 is 11.8 Å². The number of nitrogens with one attached hydrogen (secondary N) is 1. The average Bonchev–Trinajstić information content (AvgIpc) is 3.19. The number of likely N-dealkylation sites (tertiary alicyclic amines) is 1. The molecule has 4 rings (SSSR count). The Morgan fingerprint density at radius 2 is 1.93 bits per heavy atom. The van der Waals surface area contributed by atoms with Gasteiger partial charge in [-0.1, -0.05) is 5.16 Å². The van der Waals surface area contributed by atoms with Crippen molar-refractivity contribution in [3.63, 3.8) is 0 Å². The minimum absolute atomic E-state index is 0.195. The summed E-state index contributed by atoms with van der Waals surface area (Å²) >= 11 is 0. The molecule has 2 aliphatic heterocycles. The highest BCUT2D eigenvalue weighted by atomic mass is 16.6. The Kier molecular flexibility index (Phi) is 5.68. The normalized spacial score (nSPS) is 26.3. The van der Waals surface area contributed by atoms with Crippen LogP contribution in [0.15, 0.2) is 10.8 Å². The molecule has 0 aromatic carbocycles. The van der Waals surface area contributed by atoms with Crippen LogP contribution in [-0.2, 0) is 9.53 Å². The molecule has 1 aromatic heterocycles. The van der Waals surface area contributed by atoms with Crippen LogP contribution in [0, 0.1) is 5.92 Å². The summed E-state index contributed by atoms with van der Waals surface area (Å²) in [6, 6.07) is 0.522. The Morgan fingerprint density at radius 1 is 1.15 bits per heavy atom. The number of rotatable bonds is 7. The fraction of sp³-hybridized carbons (Fsp3) is 0.778. The van der Waals surface area contributed by atoms with E-state index in [1.807, 2.05) is 4.90 Å². The van der Waals surface area contributed by atoms with Crippen LogP contribution in [0.4, 0.5) is 0 Å². The summed E-state index contributed by atoms with van der Waals surface area (Å²) < 4.78 is 9.83. The van der Waals surface area contributed by atoms with Gasteiger partial charge < -0.3 is 15.0 Å². The second kappa shape index (κ2) is 8.35. The molecule has 3 heterocycles. The number of carbonyl (C=O) groups is 2. The van der Waals surface area contributed by atoms with Gasteiger partial charge in [-0.25, -0.2) is 4.63 Å². The molecule has 1 N–H and O–H groups in total. The third-order valence-electron chi connectivity index (χ3n) is 5.80. The minimum atomic E-state index is -0.268. The largest absolute Gasteiger partial charge is 0.378 e. The van der Waals surface area contributed by atoms with E-state index in [1.54, 1.807) is 0 Å². The molecular weight excluding hydrogens is 350 g/mol. The average molecular weight is 377 g/mol. The van der Waals surface area contributed by atoms with Gasteiger partial charge in [0, 0.05) is 44.7 Å². The molecule has 1 saturated carbocycles. The zero-order chi connectivity index (χ0) is 18.6. The number of hydrogen-bond acceptors (Lipinski definition) is 7. The van der Waals surface area contributed by atoms with E-state index in [9.17, 15) is 9.59 Å². The second-order valence-corrected chi connectivity index (χ2v) is 7.73. The Morgan fingerprint density at radius 3 is 2.63 bits per heavy atom. The van der Waals surface area contributed by atoms with Crippen molar-refractivity contribution in [1.82, 2.24) is 25.4 Å². The van der Waals surface area contributed by atoms with Gasteiger partial charge >= 0.3 is 0 Å². The molecular formula is C18H27N5O4. The summed E-state index contributed by atoms with van der Waals surface area (Å²) in [5.41, 5.74) is 0.195. The van der Waals surface area contributed by atoms with Crippen molar-refractivity contribution in [3.05, 3.63) is 11.9 Å². The predicted molar refractivity (Wildman–Crippen MR) is 94.9 cm³/mol. The van der Waals surface area contributed by atoms with E-state index in [-0.39, 0.29) is 29.6 Å². The lowest BCUT2D eigenvalue weighted by Gasteiger charge is -2.33. The number of hydrogen-bond donors (Lipinski definition) is 1. The summed E-state index contributed by atoms with van der Waals surface area (Å²) in [5, 5.41) is 9.97. The molecule has 2 amide bonds. The molecule has 2 saturated heterocycles. The quantitative estimate of drug-likeness (QED) is 0.729. The first-order valence-corrected chi connectivity index (χ1v) is 9.87. The van der Waals surface area contributed by atoms with Crippen LogP contribution in [0.5, 0.6) is 0 Å². The zero-order valence-electron chi connectivity index (χ0n) is 15.5. The summed E-state index contributed by atoms with van der Waals surface area (Å²) in [5.74, 6) is 0.694. The lowest BCUT2D eigenvalue weighted by atomic mass is 10.1. The molecule has 3 aliphatic rings. The smallest absolute Gasteiger partial charge is 0.275 e. The number of amides is 2. The van der Waals surface area contributed by atoms with E-state index in [1.165, 1.54) is 19.0 Å². The van der Waals surface area contributed by atoms with Crippen molar-refractivity contribution in [1.29, 1.82) is 0 Å². The van der Waals surface area contributed by atoms with Crippen LogP contribution < -0.4 is 5.32 Å². The second-order valence-electron chi connectivity index (χ2n) is 7.73. The van der Waals surface area contributed by atoms with Crippen molar-refractivity contribution in [2.75, 3.05) is 39.4 Å². The first-order valence-electron chi connectivity index (χ1n) is 9.87. The summed E-state index contributed by atoms with van der Waals surface area (Å²) in [6.07, 6.45) is 6.40. The Bertz CT molecular complexity index is 642. The van der Waals surface area contributed by atoms with E-state index in [2.05, 4.69) is 25.2 Å². The van der Waals surface area contributed by atoms with E-state index >= 15 is 0 Å². The molecule has 27 heavy (non-hydrogen) atoms. The van der Waals surface area contributed by atoms with Gasteiger partial charge in [-0.3, -0.25) is 14.5 Å². The van der Waals surface area contributed by atoms with Crippen LogP contribution >= 0.6 is 0 Å². The van der Waals surface area contributed by atoms with Gasteiger partial charge in [0.05, 0.1) is 13.2 Å². The topological polar surface area (TPSA) is 101 Å². The van der Waals surface area contributed by atoms with Crippen LogP contribution in [-0.4, -0.2) is 83.4 Å². The first kappa shape index (κ1) is 18.4. The summed E-state index contributed by atoms with van der Waals surface area (Å²) in [7, 11) is 0. The molecule has 0 bridgehead atoms. The Balaban J connectivity index is 1.33. The Hall–Kier alpha value is -2.00. The van der Waals surface area contributed by atoms with Crippen molar-refractivity contribution < 1.29 is 19.0 Å². The fourth-order valence-corrected chi connectivity index (χ4v) is 4.06. The van der Waals surface area contributed by atoms with Crippen molar-refractivity contribution in [2.24, 2.45) is 5.92 Å². The van der Waals surface area contributed by atoms with Crippen LogP contribution in [0.2, 0.25) is 0 Å². The number of nitrogens with zero attached hydrogens (tertiary/aromatic N) is 4. The highest BCUT2D eigenvalue weighted by molar-refractivity contribution is 5.91. The fourth-order valence-electron chi connectivity index (χ4n) is 4.06. The maximum Gasteiger partial charge on any atom is 0.275 e. The third-order valence-corrected chi connectivity index (χ3v) is 5.80. The van der Waals surface area contributed by atoms with E-state index in [0.29, 0.717) is 39.3 Å². The molecule has 0 unspecified atom stereocenters. The molecule has 9 nitrogen and oxygen atoms in total. The van der Waals surface area contributed by atoms with Gasteiger partial charge in [-0.15, -0.1) is 0 Å². The number of ether oxygens (including phenoxy) is 1. The standard InChI is InChI=1S/C18H27N5O4/c24-17(22-5-7-26-8-6-22)9-14-3-4-15(23(14)12-13-1-2-13)10-19-18(25)16-11-20-27-21-16/h11,13-15H,1-10,12H2,(H,19,25)/t14-,15+/m1/s1. The lowest BCUT2D eigenvalue weighted by molar-refractivity contribution is -0.136. The maximum atomic E-state index is 12.7. The lowest BCUT2D eigenvalue weighted by Crippen LogP contribution is -2.47. The highest BCUT2D eigenvalue weighted by Gasteiger charge is 2.38. The molecule has 0 radical (unpaired) electrons. The predicted octanol–water partition coefficient (Wildman–Crippen LogP) is 0.291. The van der Waals surface area contributed by atoms with E-state index < -0.39 is 0 Å². The molecule has 1 aliphatic carbocycles. The summed E-state index contributed by atoms with van der Waals surface area (Å²) in [4.78, 5) is 29.2. The summed E-state index contributed by atoms with van der Waals surface area (Å²) in [6.45, 7) is 4.23. The van der Waals surface area contributed by atoms with Gasteiger partial charge in [0.15, 0.2) is 5.69 Å². The van der Waals surface area contributed by atoms with Gasteiger partial charge in [0.1, 0.15) is 6.20 Å². The van der Waals surface area contributed by atoms with E-state index in [0.717, 1.165) is 25.3 Å².